The van der Waals surface area contributed by atoms with Crippen LogP contribution >= 0.6 is 27.3 Å². The van der Waals surface area contributed by atoms with E-state index in [1.165, 1.54) is 10.9 Å². The molecule has 0 atom stereocenters. The minimum atomic E-state index is -0.297. The smallest absolute Gasteiger partial charge is 0.137 e. The molecule has 19 heavy (non-hydrogen) atoms. The van der Waals surface area contributed by atoms with E-state index in [1.54, 1.807) is 23.5 Å². The summed E-state index contributed by atoms with van der Waals surface area (Å²) in [5.74, 6) is -0.0936. The van der Waals surface area contributed by atoms with E-state index in [4.69, 9.17) is 0 Å². The number of carbonyl (C=O) groups excluding carboxylic acids is 1. The zero-order chi connectivity index (χ0) is 13.7. The number of Topliss-reactive ketones (excluding diaryl/α,β-unsaturated/α-hetero) is 1. The maximum atomic E-state index is 13.1. The Balaban J connectivity index is 1.79. The van der Waals surface area contributed by atoms with E-state index >= 15 is 0 Å². The molecule has 2 rings (SSSR count). The van der Waals surface area contributed by atoms with E-state index in [0.29, 0.717) is 17.3 Å². The third-order valence-corrected chi connectivity index (χ3v) is 4.39. The average Bonchev–Trinajstić information content (AvgIpc) is 2.87. The van der Waals surface area contributed by atoms with E-state index in [2.05, 4.69) is 22.0 Å². The average molecular weight is 341 g/mol. The number of thiophene rings is 1. The third-order valence-electron chi connectivity index (χ3n) is 2.84. The Morgan fingerprint density at radius 3 is 2.84 bits per heavy atom. The molecule has 0 unspecified atom stereocenters. The van der Waals surface area contributed by atoms with Crippen molar-refractivity contribution in [3.63, 3.8) is 0 Å². The second-order valence-electron chi connectivity index (χ2n) is 4.40. The molecule has 0 saturated heterocycles. The van der Waals surface area contributed by atoms with Crippen LogP contribution in [0, 0.1) is 5.82 Å². The van der Waals surface area contributed by atoms with E-state index in [1.807, 2.05) is 11.4 Å². The second-order valence-corrected chi connectivity index (χ2v) is 6.28. The molecule has 0 bridgehead atoms. The van der Waals surface area contributed by atoms with Crippen molar-refractivity contribution >= 4 is 33.0 Å². The number of hydrogen-bond donors (Lipinski definition) is 0. The molecule has 0 spiro atoms. The predicted molar refractivity (Wildman–Crippen MR) is 80.1 cm³/mol. The highest BCUT2D eigenvalue weighted by atomic mass is 79.9. The lowest BCUT2D eigenvalue weighted by Gasteiger charge is -2.03. The van der Waals surface area contributed by atoms with Crippen molar-refractivity contribution in [1.82, 2.24) is 0 Å². The standard InChI is InChI=1S/C15H14BrFOS/c16-14-10-11(6-7-15(14)17)9-12(18)3-1-4-13-5-2-8-19-13/h2,5-8,10H,1,3-4,9H2. The van der Waals surface area contributed by atoms with Crippen LogP contribution in [0.1, 0.15) is 23.3 Å². The summed E-state index contributed by atoms with van der Waals surface area (Å²) in [5.41, 5.74) is 0.856. The maximum absolute atomic E-state index is 13.1. The van der Waals surface area contributed by atoms with Crippen molar-refractivity contribution in [1.29, 1.82) is 0 Å². The van der Waals surface area contributed by atoms with Gasteiger partial charge in [-0.15, -0.1) is 11.3 Å². The van der Waals surface area contributed by atoms with Crippen molar-refractivity contribution in [2.45, 2.75) is 25.7 Å². The van der Waals surface area contributed by atoms with Gasteiger partial charge in [0.1, 0.15) is 11.6 Å². The molecule has 0 aliphatic heterocycles. The van der Waals surface area contributed by atoms with Crippen LogP contribution < -0.4 is 0 Å². The van der Waals surface area contributed by atoms with Gasteiger partial charge < -0.3 is 0 Å². The molecule has 0 aliphatic rings. The van der Waals surface area contributed by atoms with Crippen molar-refractivity contribution < 1.29 is 9.18 Å². The van der Waals surface area contributed by atoms with Crippen LogP contribution in [0.2, 0.25) is 0 Å². The summed E-state index contributed by atoms with van der Waals surface area (Å²) in [7, 11) is 0. The molecule has 100 valence electrons. The Morgan fingerprint density at radius 1 is 1.32 bits per heavy atom. The van der Waals surface area contributed by atoms with Gasteiger partial charge in [0.15, 0.2) is 0 Å². The molecule has 0 N–H and O–H groups in total. The Kier molecular flexibility index (Phi) is 5.28. The van der Waals surface area contributed by atoms with Gasteiger partial charge in [-0.1, -0.05) is 12.1 Å². The zero-order valence-electron chi connectivity index (χ0n) is 10.4. The summed E-state index contributed by atoms with van der Waals surface area (Å²) in [4.78, 5) is 13.1. The Hall–Kier alpha value is -1.00. The molecule has 0 aliphatic carbocycles. The van der Waals surface area contributed by atoms with Gasteiger partial charge in [-0.25, -0.2) is 4.39 Å². The topological polar surface area (TPSA) is 17.1 Å². The molecular weight excluding hydrogens is 327 g/mol. The fourth-order valence-electron chi connectivity index (χ4n) is 1.88. The molecule has 0 fully saturated rings. The lowest BCUT2D eigenvalue weighted by molar-refractivity contribution is -0.118. The molecule has 0 amide bonds. The van der Waals surface area contributed by atoms with Gasteiger partial charge in [-0.3, -0.25) is 4.79 Å². The summed E-state index contributed by atoms with van der Waals surface area (Å²) in [5, 5.41) is 2.05. The lowest BCUT2D eigenvalue weighted by Crippen LogP contribution is -2.03. The second kappa shape index (κ2) is 6.96. The van der Waals surface area contributed by atoms with Crippen molar-refractivity contribution in [2.24, 2.45) is 0 Å². The van der Waals surface area contributed by atoms with Gasteiger partial charge >= 0.3 is 0 Å². The number of carbonyl (C=O) groups is 1. The summed E-state index contributed by atoms with van der Waals surface area (Å²) < 4.78 is 13.5. The number of hydrogen-bond acceptors (Lipinski definition) is 2. The number of ketones is 1. The first-order chi connectivity index (χ1) is 9.15. The predicted octanol–water partition coefficient (Wildman–Crippen LogP) is 4.78. The molecule has 1 nitrogen and oxygen atoms in total. The number of halogens is 2. The quantitative estimate of drug-likeness (QED) is 0.739. The Labute approximate surface area is 124 Å². The van der Waals surface area contributed by atoms with Gasteiger partial charge in [0.2, 0.25) is 0 Å². The Morgan fingerprint density at radius 2 is 2.16 bits per heavy atom. The van der Waals surface area contributed by atoms with Crippen molar-refractivity contribution in [3.8, 4) is 0 Å². The van der Waals surface area contributed by atoms with E-state index in [0.717, 1.165) is 18.4 Å². The highest BCUT2D eigenvalue weighted by Gasteiger charge is 2.06. The van der Waals surface area contributed by atoms with Crippen LogP contribution in [0.25, 0.3) is 0 Å². The number of aryl methyl sites for hydroxylation is 1. The first kappa shape index (κ1) is 14.4. The minimum Gasteiger partial charge on any atom is -0.299 e. The van der Waals surface area contributed by atoms with E-state index in [-0.39, 0.29) is 11.6 Å². The SMILES string of the molecule is O=C(CCCc1cccs1)Cc1ccc(F)c(Br)c1. The highest BCUT2D eigenvalue weighted by molar-refractivity contribution is 9.10. The largest absolute Gasteiger partial charge is 0.299 e. The summed E-state index contributed by atoms with van der Waals surface area (Å²) >= 11 is 4.85. The van der Waals surface area contributed by atoms with Crippen LogP contribution in [0.15, 0.2) is 40.2 Å². The van der Waals surface area contributed by atoms with Gasteiger partial charge in [-0.2, -0.15) is 0 Å². The lowest BCUT2D eigenvalue weighted by atomic mass is 10.0. The summed E-state index contributed by atoms with van der Waals surface area (Å²) in [6.07, 6.45) is 2.79. The normalized spacial score (nSPS) is 10.6. The number of benzene rings is 1. The number of rotatable bonds is 6. The molecule has 1 aromatic carbocycles. The fraction of sp³-hybridized carbons (Fsp3) is 0.267. The summed E-state index contributed by atoms with van der Waals surface area (Å²) in [6.45, 7) is 0. The zero-order valence-corrected chi connectivity index (χ0v) is 12.8. The van der Waals surface area contributed by atoms with Crippen LogP contribution in [0.4, 0.5) is 4.39 Å². The first-order valence-corrected chi connectivity index (χ1v) is 7.80. The van der Waals surface area contributed by atoms with Gasteiger partial charge in [-0.05, 0) is 57.9 Å². The Bertz CT molecular complexity index is 551. The first-order valence-electron chi connectivity index (χ1n) is 6.13. The molecule has 1 aromatic heterocycles. The van der Waals surface area contributed by atoms with Gasteiger partial charge in [0.25, 0.3) is 0 Å². The third kappa shape index (κ3) is 4.55. The maximum Gasteiger partial charge on any atom is 0.137 e. The molecular formula is C15H14BrFOS. The fourth-order valence-corrected chi connectivity index (χ4v) is 3.06. The van der Waals surface area contributed by atoms with E-state index < -0.39 is 0 Å². The summed E-state index contributed by atoms with van der Waals surface area (Å²) in [6, 6.07) is 8.84. The molecule has 0 radical (unpaired) electrons. The monoisotopic (exact) mass is 340 g/mol. The van der Waals surface area contributed by atoms with Gasteiger partial charge in [0, 0.05) is 17.7 Å². The molecule has 2 aromatic rings. The van der Waals surface area contributed by atoms with Crippen LogP contribution in [-0.2, 0) is 17.6 Å². The van der Waals surface area contributed by atoms with E-state index in [9.17, 15) is 9.18 Å². The van der Waals surface area contributed by atoms with Crippen molar-refractivity contribution in [2.75, 3.05) is 0 Å². The highest BCUT2D eigenvalue weighted by Crippen LogP contribution is 2.18. The molecule has 1 heterocycles. The van der Waals surface area contributed by atoms with Crippen LogP contribution in [-0.4, -0.2) is 5.78 Å². The van der Waals surface area contributed by atoms with Crippen LogP contribution in [0.3, 0.4) is 0 Å². The van der Waals surface area contributed by atoms with Crippen molar-refractivity contribution in [3.05, 3.63) is 56.4 Å². The molecule has 0 saturated carbocycles. The van der Waals surface area contributed by atoms with Gasteiger partial charge in [0.05, 0.1) is 4.47 Å². The van der Waals surface area contributed by atoms with Crippen LogP contribution in [0.5, 0.6) is 0 Å². The minimum absolute atomic E-state index is 0.204. The molecule has 4 heteroatoms.